The van der Waals surface area contributed by atoms with E-state index in [0.29, 0.717) is 6.61 Å². The lowest BCUT2D eigenvalue weighted by molar-refractivity contribution is -0.109. The first-order valence-corrected chi connectivity index (χ1v) is 8.39. The molecule has 0 radical (unpaired) electrons. The van der Waals surface area contributed by atoms with Crippen molar-refractivity contribution in [2.45, 2.75) is 76.5 Å². The molecule has 0 amide bonds. The average Bonchev–Trinajstić information content (AvgIpc) is 2.47. The largest absolute Gasteiger partial charge is 0.395 e. The molecule has 6 heteroatoms. The SMILES string of the molecule is CC.CCC.CCCOC1SC(CO)C(O)C(O)C1O. The van der Waals surface area contributed by atoms with Gasteiger partial charge < -0.3 is 25.2 Å². The molecule has 0 aliphatic carbocycles. The van der Waals surface area contributed by atoms with Crippen molar-refractivity contribution in [1.29, 1.82) is 0 Å². The summed E-state index contributed by atoms with van der Waals surface area (Å²) in [7, 11) is 0. The summed E-state index contributed by atoms with van der Waals surface area (Å²) in [4.78, 5) is 0. The molecule has 1 saturated heterocycles. The maximum absolute atomic E-state index is 9.61. The molecule has 1 aliphatic rings. The standard InChI is InChI=1S/C9H18O5S.C3H8.C2H6/c1-2-3-14-9-8(13)7(12)6(11)5(4-10)15-9;1-3-2;1-2/h5-13H,2-4H2,1H3;3H2,1-2H3;1-2H3. The molecule has 4 N–H and O–H groups in total. The van der Waals surface area contributed by atoms with Crippen LogP contribution in [0.25, 0.3) is 0 Å². The summed E-state index contributed by atoms with van der Waals surface area (Å²) in [5.74, 6) is 0. The third-order valence-corrected chi connectivity index (χ3v) is 3.80. The topological polar surface area (TPSA) is 90.2 Å². The lowest BCUT2D eigenvalue weighted by Gasteiger charge is -2.39. The fraction of sp³-hybridized carbons (Fsp3) is 1.00. The number of ether oxygens (including phenoxy) is 1. The van der Waals surface area contributed by atoms with E-state index < -0.39 is 29.0 Å². The molecule has 0 aromatic rings. The highest BCUT2D eigenvalue weighted by Gasteiger charge is 2.43. The van der Waals surface area contributed by atoms with E-state index >= 15 is 0 Å². The van der Waals surface area contributed by atoms with Gasteiger partial charge in [0.25, 0.3) is 0 Å². The average molecular weight is 312 g/mol. The minimum Gasteiger partial charge on any atom is -0.395 e. The summed E-state index contributed by atoms with van der Waals surface area (Å²) in [5, 5.41) is 37.1. The number of aliphatic hydroxyl groups is 4. The van der Waals surface area contributed by atoms with Crippen molar-refractivity contribution in [3.63, 3.8) is 0 Å². The van der Waals surface area contributed by atoms with Crippen LogP contribution in [0.5, 0.6) is 0 Å². The van der Waals surface area contributed by atoms with E-state index in [1.54, 1.807) is 0 Å². The number of thioether (sulfide) groups is 1. The Morgan fingerprint density at radius 1 is 0.950 bits per heavy atom. The highest BCUT2D eigenvalue weighted by atomic mass is 32.2. The predicted octanol–water partition coefficient (Wildman–Crippen LogP) is 1.37. The Bertz CT molecular complexity index is 204. The van der Waals surface area contributed by atoms with E-state index in [-0.39, 0.29) is 6.61 Å². The minimum absolute atomic E-state index is 0.248. The van der Waals surface area contributed by atoms with E-state index in [0.717, 1.165) is 18.2 Å². The van der Waals surface area contributed by atoms with E-state index in [2.05, 4.69) is 13.8 Å². The zero-order valence-corrected chi connectivity index (χ0v) is 14.1. The molecule has 1 rings (SSSR count). The molecule has 1 heterocycles. The van der Waals surface area contributed by atoms with Gasteiger partial charge >= 0.3 is 0 Å². The number of hydrogen-bond donors (Lipinski definition) is 4. The monoisotopic (exact) mass is 312 g/mol. The van der Waals surface area contributed by atoms with Crippen LogP contribution >= 0.6 is 11.8 Å². The summed E-state index contributed by atoms with van der Waals surface area (Å²) in [6, 6.07) is 0. The Morgan fingerprint density at radius 2 is 1.45 bits per heavy atom. The summed E-state index contributed by atoms with van der Waals surface area (Å²) >= 11 is 1.16. The van der Waals surface area contributed by atoms with Crippen LogP contribution in [-0.4, -0.2) is 62.6 Å². The van der Waals surface area contributed by atoms with Crippen molar-refractivity contribution >= 4 is 11.8 Å². The van der Waals surface area contributed by atoms with Gasteiger partial charge in [0.1, 0.15) is 17.6 Å². The third-order valence-electron chi connectivity index (χ3n) is 2.33. The molecule has 0 bridgehead atoms. The van der Waals surface area contributed by atoms with Gasteiger partial charge in [-0.1, -0.05) is 41.0 Å². The molecule has 0 saturated carbocycles. The molecule has 0 spiro atoms. The zero-order valence-electron chi connectivity index (χ0n) is 13.3. The van der Waals surface area contributed by atoms with Gasteiger partial charge in [0.05, 0.1) is 18.0 Å². The van der Waals surface area contributed by atoms with Crippen molar-refractivity contribution in [3.05, 3.63) is 0 Å². The van der Waals surface area contributed by atoms with Crippen molar-refractivity contribution in [2.75, 3.05) is 13.2 Å². The van der Waals surface area contributed by atoms with Crippen LogP contribution < -0.4 is 0 Å². The van der Waals surface area contributed by atoms with Gasteiger partial charge in [0.2, 0.25) is 0 Å². The second-order valence-corrected chi connectivity index (χ2v) is 5.62. The van der Waals surface area contributed by atoms with E-state index in [1.165, 1.54) is 6.42 Å². The summed E-state index contributed by atoms with van der Waals surface area (Å²) < 4.78 is 5.33. The molecule has 0 aromatic carbocycles. The first kappa shape index (κ1) is 22.4. The Kier molecular flexibility index (Phi) is 15.8. The van der Waals surface area contributed by atoms with Gasteiger partial charge in [-0.15, -0.1) is 11.8 Å². The summed E-state index contributed by atoms with van der Waals surface area (Å²) in [5.41, 5.74) is -0.583. The normalized spacial score (nSPS) is 32.5. The van der Waals surface area contributed by atoms with Crippen LogP contribution in [0.4, 0.5) is 0 Å². The highest BCUT2D eigenvalue weighted by molar-refractivity contribution is 8.00. The summed E-state index contributed by atoms with van der Waals surface area (Å²) in [6.45, 7) is 10.4. The molecule has 0 aromatic heterocycles. The molecule has 124 valence electrons. The Balaban J connectivity index is 0. The van der Waals surface area contributed by atoms with Crippen LogP contribution in [0.15, 0.2) is 0 Å². The number of aliphatic hydroxyl groups excluding tert-OH is 4. The van der Waals surface area contributed by atoms with Gasteiger partial charge in [-0.05, 0) is 6.42 Å². The number of rotatable bonds is 4. The van der Waals surface area contributed by atoms with Crippen LogP contribution in [0.2, 0.25) is 0 Å². The third kappa shape index (κ3) is 7.81. The van der Waals surface area contributed by atoms with Crippen molar-refractivity contribution in [1.82, 2.24) is 0 Å². The molecule has 5 atom stereocenters. The quantitative estimate of drug-likeness (QED) is 0.627. The van der Waals surface area contributed by atoms with Gasteiger partial charge in [-0.2, -0.15) is 0 Å². The molecule has 5 nitrogen and oxygen atoms in total. The predicted molar refractivity (Wildman–Crippen MR) is 83.8 cm³/mol. The molecule has 1 fully saturated rings. The molecular formula is C14H32O5S. The lowest BCUT2D eigenvalue weighted by Crippen LogP contribution is -2.54. The van der Waals surface area contributed by atoms with E-state index in [1.807, 2.05) is 20.8 Å². The maximum Gasteiger partial charge on any atom is 0.132 e. The first-order chi connectivity index (χ1) is 9.53. The second-order valence-electron chi connectivity index (χ2n) is 4.28. The van der Waals surface area contributed by atoms with Crippen LogP contribution in [0.3, 0.4) is 0 Å². The van der Waals surface area contributed by atoms with Crippen LogP contribution in [0, 0.1) is 0 Å². The summed E-state index contributed by atoms with van der Waals surface area (Å²) in [6.07, 6.45) is -1.42. The Morgan fingerprint density at radius 3 is 1.85 bits per heavy atom. The van der Waals surface area contributed by atoms with Crippen LogP contribution in [0.1, 0.15) is 47.5 Å². The van der Waals surface area contributed by atoms with Gasteiger partial charge in [-0.3, -0.25) is 0 Å². The molecular weight excluding hydrogens is 280 g/mol. The molecule has 1 aliphatic heterocycles. The Labute approximate surface area is 127 Å². The second kappa shape index (κ2) is 14.1. The molecule has 20 heavy (non-hydrogen) atoms. The number of hydrogen-bond acceptors (Lipinski definition) is 6. The lowest BCUT2D eigenvalue weighted by atomic mass is 10.0. The zero-order chi connectivity index (χ0) is 16.1. The fourth-order valence-electron chi connectivity index (χ4n) is 1.44. The molecule has 5 unspecified atom stereocenters. The maximum atomic E-state index is 9.61. The van der Waals surface area contributed by atoms with E-state index in [9.17, 15) is 15.3 Å². The van der Waals surface area contributed by atoms with Crippen molar-refractivity contribution in [3.8, 4) is 0 Å². The van der Waals surface area contributed by atoms with Crippen molar-refractivity contribution < 1.29 is 25.2 Å². The highest BCUT2D eigenvalue weighted by Crippen LogP contribution is 2.33. The van der Waals surface area contributed by atoms with Crippen molar-refractivity contribution in [2.24, 2.45) is 0 Å². The van der Waals surface area contributed by atoms with Crippen LogP contribution in [-0.2, 0) is 4.74 Å². The van der Waals surface area contributed by atoms with Gasteiger partial charge in [0.15, 0.2) is 0 Å². The Hall–Kier alpha value is 0.150. The first-order valence-electron chi connectivity index (χ1n) is 7.45. The van der Waals surface area contributed by atoms with E-state index in [4.69, 9.17) is 9.84 Å². The smallest absolute Gasteiger partial charge is 0.132 e. The van der Waals surface area contributed by atoms with Gasteiger partial charge in [-0.25, -0.2) is 0 Å². The fourth-order valence-corrected chi connectivity index (χ4v) is 2.69. The van der Waals surface area contributed by atoms with Gasteiger partial charge in [0, 0.05) is 6.61 Å². The minimum atomic E-state index is -1.26.